The lowest BCUT2D eigenvalue weighted by atomic mass is 10.2. The molecule has 0 saturated carbocycles. The van der Waals surface area contributed by atoms with Gasteiger partial charge in [-0.25, -0.2) is 4.39 Å². The fraction of sp³-hybridized carbons (Fsp3) is 0.150. The van der Waals surface area contributed by atoms with E-state index in [2.05, 4.69) is 5.32 Å². The largest absolute Gasteiger partial charge is 0.454 e. The number of ether oxygens (including phenoxy) is 2. The molecule has 2 heterocycles. The van der Waals surface area contributed by atoms with E-state index in [0.29, 0.717) is 32.0 Å². The number of nitrogens with one attached hydrogen (secondary N) is 1. The minimum atomic E-state index is -0.416. The van der Waals surface area contributed by atoms with Crippen LogP contribution in [0.25, 0.3) is 6.08 Å². The molecule has 0 bridgehead atoms. The van der Waals surface area contributed by atoms with E-state index in [4.69, 9.17) is 21.7 Å². The molecule has 2 aromatic carbocycles. The predicted octanol–water partition coefficient (Wildman–Crippen LogP) is 3.78. The molecule has 148 valence electrons. The van der Waals surface area contributed by atoms with Crippen molar-refractivity contribution in [3.63, 3.8) is 0 Å². The quantitative estimate of drug-likeness (QED) is 0.575. The molecule has 29 heavy (non-hydrogen) atoms. The van der Waals surface area contributed by atoms with Crippen molar-refractivity contribution in [1.82, 2.24) is 4.90 Å². The Hall–Kier alpha value is -2.91. The number of thioether (sulfide) groups is 1. The van der Waals surface area contributed by atoms with Crippen LogP contribution in [0, 0.1) is 5.82 Å². The van der Waals surface area contributed by atoms with Gasteiger partial charge in [-0.1, -0.05) is 42.2 Å². The SMILES string of the molecule is O=C(CCN1C(=O)/C(=C\c2ccccc2F)SC1=S)Nc1ccc2c(c1)OCO2. The number of carbonyl (C=O) groups is 2. The zero-order chi connectivity index (χ0) is 20.4. The van der Waals surface area contributed by atoms with Gasteiger partial charge in [0.15, 0.2) is 11.5 Å². The number of hydrogen-bond acceptors (Lipinski definition) is 6. The molecule has 0 atom stereocenters. The number of rotatable bonds is 5. The number of hydrogen-bond donors (Lipinski definition) is 1. The maximum atomic E-state index is 13.8. The Bertz CT molecular complexity index is 1040. The Morgan fingerprint density at radius 3 is 2.86 bits per heavy atom. The molecule has 0 aliphatic carbocycles. The predicted molar refractivity (Wildman–Crippen MR) is 112 cm³/mol. The van der Waals surface area contributed by atoms with Gasteiger partial charge in [0.1, 0.15) is 10.1 Å². The average molecular weight is 430 g/mol. The zero-order valence-electron chi connectivity index (χ0n) is 15.0. The Kier molecular flexibility index (Phi) is 5.50. The van der Waals surface area contributed by atoms with Crippen molar-refractivity contribution in [2.75, 3.05) is 18.7 Å². The second-order valence-electron chi connectivity index (χ2n) is 6.22. The fourth-order valence-corrected chi connectivity index (χ4v) is 4.14. The van der Waals surface area contributed by atoms with Gasteiger partial charge in [-0.2, -0.15) is 0 Å². The first-order chi connectivity index (χ1) is 14.0. The van der Waals surface area contributed by atoms with Gasteiger partial charge in [0, 0.05) is 30.3 Å². The van der Waals surface area contributed by atoms with Crippen LogP contribution in [0.4, 0.5) is 10.1 Å². The van der Waals surface area contributed by atoms with Gasteiger partial charge < -0.3 is 14.8 Å². The summed E-state index contributed by atoms with van der Waals surface area (Å²) in [5, 5.41) is 2.76. The molecule has 0 radical (unpaired) electrons. The Morgan fingerprint density at radius 2 is 2.03 bits per heavy atom. The van der Waals surface area contributed by atoms with Crippen molar-refractivity contribution in [3.05, 3.63) is 58.8 Å². The number of halogens is 1. The van der Waals surface area contributed by atoms with Crippen LogP contribution in [0.5, 0.6) is 11.5 Å². The molecular weight excluding hydrogens is 415 g/mol. The summed E-state index contributed by atoms with van der Waals surface area (Å²) in [6.45, 7) is 0.289. The van der Waals surface area contributed by atoms with E-state index < -0.39 is 5.82 Å². The third-order valence-corrected chi connectivity index (χ3v) is 5.66. The molecular formula is C20H15FN2O4S2. The summed E-state index contributed by atoms with van der Waals surface area (Å²) < 4.78 is 24.7. The first-order valence-corrected chi connectivity index (χ1v) is 9.93. The first kappa shape index (κ1) is 19.4. The highest BCUT2D eigenvalue weighted by Gasteiger charge is 2.32. The molecule has 2 aromatic rings. The maximum Gasteiger partial charge on any atom is 0.266 e. The maximum absolute atomic E-state index is 13.8. The summed E-state index contributed by atoms with van der Waals surface area (Å²) in [5.74, 6) is 0.177. The lowest BCUT2D eigenvalue weighted by Crippen LogP contribution is -2.31. The molecule has 1 fully saturated rings. The van der Waals surface area contributed by atoms with Gasteiger partial charge in [-0.15, -0.1) is 0 Å². The number of nitrogens with zero attached hydrogens (tertiary/aromatic N) is 1. The monoisotopic (exact) mass is 430 g/mol. The topological polar surface area (TPSA) is 67.9 Å². The van der Waals surface area contributed by atoms with Crippen molar-refractivity contribution in [2.45, 2.75) is 6.42 Å². The van der Waals surface area contributed by atoms with Crippen molar-refractivity contribution < 1.29 is 23.5 Å². The van der Waals surface area contributed by atoms with Crippen LogP contribution in [-0.2, 0) is 9.59 Å². The van der Waals surface area contributed by atoms with Crippen LogP contribution < -0.4 is 14.8 Å². The van der Waals surface area contributed by atoms with Crippen molar-refractivity contribution in [2.24, 2.45) is 0 Å². The number of amides is 2. The molecule has 2 aliphatic heterocycles. The molecule has 4 rings (SSSR count). The van der Waals surface area contributed by atoms with Gasteiger partial charge in [0.25, 0.3) is 5.91 Å². The Labute approximate surface area is 175 Å². The fourth-order valence-electron chi connectivity index (χ4n) is 2.84. The number of thiocarbonyl (C=S) groups is 1. The van der Waals surface area contributed by atoms with Gasteiger partial charge >= 0.3 is 0 Å². The van der Waals surface area contributed by atoms with E-state index >= 15 is 0 Å². The summed E-state index contributed by atoms with van der Waals surface area (Å²) >= 11 is 6.35. The van der Waals surface area contributed by atoms with E-state index in [1.54, 1.807) is 36.4 Å². The van der Waals surface area contributed by atoms with Crippen molar-refractivity contribution in [1.29, 1.82) is 0 Å². The number of anilines is 1. The molecule has 2 amide bonds. The van der Waals surface area contributed by atoms with E-state index in [-0.39, 0.29) is 31.6 Å². The summed E-state index contributed by atoms with van der Waals surface area (Å²) in [6.07, 6.45) is 1.54. The normalized spacial score (nSPS) is 16.6. The molecule has 1 saturated heterocycles. The van der Waals surface area contributed by atoms with Crippen molar-refractivity contribution >= 4 is 51.9 Å². The molecule has 2 aliphatic rings. The number of fused-ring (bicyclic) bond motifs is 1. The summed E-state index contributed by atoms with van der Waals surface area (Å²) in [4.78, 5) is 26.5. The molecule has 9 heteroatoms. The highest BCUT2D eigenvalue weighted by molar-refractivity contribution is 8.26. The second kappa shape index (κ2) is 8.22. The molecule has 0 unspecified atom stereocenters. The van der Waals surface area contributed by atoms with E-state index in [1.165, 1.54) is 17.0 Å². The summed E-state index contributed by atoms with van der Waals surface area (Å²) in [7, 11) is 0. The van der Waals surface area contributed by atoms with Crippen LogP contribution >= 0.6 is 24.0 Å². The smallest absolute Gasteiger partial charge is 0.266 e. The molecule has 6 nitrogen and oxygen atoms in total. The lowest BCUT2D eigenvalue weighted by molar-refractivity contribution is -0.122. The van der Waals surface area contributed by atoms with E-state index in [1.807, 2.05) is 0 Å². The van der Waals surface area contributed by atoms with Gasteiger partial charge in [0.05, 0.1) is 4.91 Å². The zero-order valence-corrected chi connectivity index (χ0v) is 16.6. The highest BCUT2D eigenvalue weighted by atomic mass is 32.2. The lowest BCUT2D eigenvalue weighted by Gasteiger charge is -2.14. The average Bonchev–Trinajstić information content (AvgIpc) is 3.26. The van der Waals surface area contributed by atoms with Crippen molar-refractivity contribution in [3.8, 4) is 11.5 Å². The number of benzene rings is 2. The van der Waals surface area contributed by atoms with E-state index in [0.717, 1.165) is 11.8 Å². The van der Waals surface area contributed by atoms with Gasteiger partial charge in [-0.3, -0.25) is 14.5 Å². The standard InChI is InChI=1S/C20H15FN2O4S2/c21-14-4-2-1-3-12(14)9-17-19(25)23(20(28)29-17)8-7-18(24)22-13-5-6-15-16(10-13)27-11-26-15/h1-6,9-10H,7-8,11H2,(H,22,24)/b17-9+. The third-order valence-electron chi connectivity index (χ3n) is 4.28. The molecule has 0 spiro atoms. The second-order valence-corrected chi connectivity index (χ2v) is 7.90. The highest BCUT2D eigenvalue weighted by Crippen LogP contribution is 2.35. The number of carbonyl (C=O) groups excluding carboxylic acids is 2. The Balaban J connectivity index is 1.37. The van der Waals surface area contributed by atoms with Crippen LogP contribution in [-0.4, -0.2) is 34.4 Å². The van der Waals surface area contributed by atoms with Crippen LogP contribution in [0.15, 0.2) is 47.4 Å². The van der Waals surface area contributed by atoms with Crippen LogP contribution in [0.2, 0.25) is 0 Å². The van der Waals surface area contributed by atoms with Crippen LogP contribution in [0.1, 0.15) is 12.0 Å². The van der Waals surface area contributed by atoms with Gasteiger partial charge in [-0.05, 0) is 24.3 Å². The summed E-state index contributed by atoms with van der Waals surface area (Å²) in [6, 6.07) is 11.3. The van der Waals surface area contributed by atoms with E-state index in [9.17, 15) is 14.0 Å². The minimum absolute atomic E-state index is 0.0634. The molecule has 0 aromatic heterocycles. The van der Waals surface area contributed by atoms with Crippen LogP contribution in [0.3, 0.4) is 0 Å². The molecule has 1 N–H and O–H groups in total. The Morgan fingerprint density at radius 1 is 1.24 bits per heavy atom. The minimum Gasteiger partial charge on any atom is -0.454 e. The van der Waals surface area contributed by atoms with Gasteiger partial charge in [0.2, 0.25) is 12.7 Å². The first-order valence-electron chi connectivity index (χ1n) is 8.70. The summed E-state index contributed by atoms with van der Waals surface area (Å²) in [5.41, 5.74) is 0.887. The third kappa shape index (κ3) is 4.25.